The Morgan fingerprint density at radius 2 is 1.62 bits per heavy atom. The molecule has 0 aromatic carbocycles. The van der Waals surface area contributed by atoms with Gasteiger partial charge in [-0.25, -0.2) is 0 Å². The van der Waals surface area contributed by atoms with Gasteiger partial charge < -0.3 is 9.84 Å². The first kappa shape index (κ1) is 9.47. The van der Waals surface area contributed by atoms with E-state index >= 15 is 0 Å². The van der Waals surface area contributed by atoms with Gasteiger partial charge in [-0.05, 0) is 24.7 Å². The maximum Gasteiger partial charge on any atom is 0.154 e. The molecule has 2 atom stereocenters. The maximum atomic E-state index is 9.20. The second-order valence-electron chi connectivity index (χ2n) is 4.52. The summed E-state index contributed by atoms with van der Waals surface area (Å²) in [6, 6.07) is 0. The molecular weight excluding hydrogens is 164 g/mol. The lowest BCUT2D eigenvalue weighted by molar-refractivity contribution is -0.148. The van der Waals surface area contributed by atoms with Crippen LogP contribution in [0, 0.1) is 11.8 Å². The predicted octanol–water partition coefficient (Wildman–Crippen LogP) is 2.31. The van der Waals surface area contributed by atoms with Crippen molar-refractivity contribution in [1.82, 2.24) is 0 Å². The molecule has 1 N–H and O–H groups in total. The predicted molar refractivity (Wildman–Crippen MR) is 51.3 cm³/mol. The Hall–Kier alpha value is -0.0800. The second kappa shape index (κ2) is 4.43. The van der Waals surface area contributed by atoms with Crippen LogP contribution in [0.3, 0.4) is 0 Å². The van der Waals surface area contributed by atoms with Gasteiger partial charge in [0.25, 0.3) is 0 Å². The van der Waals surface area contributed by atoms with Gasteiger partial charge in [-0.1, -0.05) is 32.1 Å². The van der Waals surface area contributed by atoms with Crippen LogP contribution in [0.15, 0.2) is 0 Å². The van der Waals surface area contributed by atoms with Gasteiger partial charge in [-0.3, -0.25) is 0 Å². The van der Waals surface area contributed by atoms with Crippen LogP contribution in [0.1, 0.15) is 44.9 Å². The first-order valence-electron chi connectivity index (χ1n) is 5.66. The summed E-state index contributed by atoms with van der Waals surface area (Å²) in [6.07, 6.45) is 8.57. The van der Waals surface area contributed by atoms with Crippen molar-refractivity contribution >= 4 is 0 Å². The molecule has 0 aromatic heterocycles. The lowest BCUT2D eigenvalue weighted by atomic mass is 9.78. The summed E-state index contributed by atoms with van der Waals surface area (Å²) < 4.78 is 5.30. The Labute approximate surface area is 80.3 Å². The molecule has 0 spiro atoms. The average molecular weight is 184 g/mol. The van der Waals surface area contributed by atoms with E-state index in [0.717, 1.165) is 24.9 Å². The largest absolute Gasteiger partial charge is 0.368 e. The van der Waals surface area contributed by atoms with E-state index in [-0.39, 0.29) is 0 Å². The molecule has 0 amide bonds. The summed E-state index contributed by atoms with van der Waals surface area (Å²) >= 11 is 0. The molecule has 1 aliphatic carbocycles. The van der Waals surface area contributed by atoms with Crippen LogP contribution in [-0.4, -0.2) is 18.0 Å². The minimum atomic E-state index is -0.472. The SMILES string of the molecule is OC1CC[C@H](C2CCCCC2)CO1. The first-order chi connectivity index (χ1) is 6.36. The van der Waals surface area contributed by atoms with Crippen LogP contribution in [0.4, 0.5) is 0 Å². The monoisotopic (exact) mass is 184 g/mol. The van der Waals surface area contributed by atoms with Gasteiger partial charge in [0.2, 0.25) is 0 Å². The molecule has 1 unspecified atom stereocenters. The summed E-state index contributed by atoms with van der Waals surface area (Å²) in [5.41, 5.74) is 0. The highest BCUT2D eigenvalue weighted by Crippen LogP contribution is 2.34. The lowest BCUT2D eigenvalue weighted by Crippen LogP contribution is -2.31. The minimum absolute atomic E-state index is 0.472. The van der Waals surface area contributed by atoms with Gasteiger partial charge in [-0.15, -0.1) is 0 Å². The summed E-state index contributed by atoms with van der Waals surface area (Å²) in [4.78, 5) is 0. The van der Waals surface area contributed by atoms with E-state index in [2.05, 4.69) is 0 Å². The number of ether oxygens (including phenoxy) is 1. The molecule has 13 heavy (non-hydrogen) atoms. The van der Waals surface area contributed by atoms with Crippen LogP contribution in [0.5, 0.6) is 0 Å². The maximum absolute atomic E-state index is 9.20. The average Bonchev–Trinajstić information content (AvgIpc) is 2.20. The molecule has 1 saturated carbocycles. The van der Waals surface area contributed by atoms with Crippen molar-refractivity contribution in [3.63, 3.8) is 0 Å². The van der Waals surface area contributed by atoms with E-state index in [4.69, 9.17) is 4.74 Å². The van der Waals surface area contributed by atoms with Gasteiger partial charge in [0.1, 0.15) is 0 Å². The number of aliphatic hydroxyl groups excluding tert-OH is 1. The molecule has 2 nitrogen and oxygen atoms in total. The molecule has 0 aromatic rings. The van der Waals surface area contributed by atoms with Crippen molar-refractivity contribution in [3.05, 3.63) is 0 Å². The molecule has 2 aliphatic rings. The van der Waals surface area contributed by atoms with Gasteiger partial charge >= 0.3 is 0 Å². The third-order valence-electron chi connectivity index (χ3n) is 3.60. The quantitative estimate of drug-likeness (QED) is 0.677. The number of rotatable bonds is 1. The van der Waals surface area contributed by atoms with Gasteiger partial charge in [0.15, 0.2) is 6.29 Å². The van der Waals surface area contributed by atoms with E-state index in [1.165, 1.54) is 38.5 Å². The highest BCUT2D eigenvalue weighted by atomic mass is 16.6. The number of hydrogen-bond acceptors (Lipinski definition) is 2. The highest BCUT2D eigenvalue weighted by molar-refractivity contribution is 4.76. The summed E-state index contributed by atoms with van der Waals surface area (Å²) in [5, 5.41) is 9.20. The Kier molecular flexibility index (Phi) is 3.23. The normalized spacial score (nSPS) is 37.6. The van der Waals surface area contributed by atoms with Gasteiger partial charge in [0.05, 0.1) is 6.61 Å². The molecular formula is C11H20O2. The second-order valence-corrected chi connectivity index (χ2v) is 4.52. The molecule has 2 fully saturated rings. The van der Waals surface area contributed by atoms with Crippen LogP contribution < -0.4 is 0 Å². The van der Waals surface area contributed by atoms with E-state index in [0.29, 0.717) is 0 Å². The van der Waals surface area contributed by atoms with Crippen molar-refractivity contribution in [2.75, 3.05) is 6.61 Å². The van der Waals surface area contributed by atoms with Crippen molar-refractivity contribution in [2.45, 2.75) is 51.2 Å². The van der Waals surface area contributed by atoms with Gasteiger partial charge in [-0.2, -0.15) is 0 Å². The van der Waals surface area contributed by atoms with E-state index in [1.807, 2.05) is 0 Å². The lowest BCUT2D eigenvalue weighted by Gasteiger charge is -2.34. The number of hydrogen-bond donors (Lipinski definition) is 1. The van der Waals surface area contributed by atoms with E-state index in [9.17, 15) is 5.11 Å². The van der Waals surface area contributed by atoms with Crippen molar-refractivity contribution in [2.24, 2.45) is 11.8 Å². The van der Waals surface area contributed by atoms with E-state index < -0.39 is 6.29 Å². The molecule has 76 valence electrons. The Bertz CT molecular complexity index is 144. The third kappa shape index (κ3) is 2.44. The third-order valence-corrected chi connectivity index (χ3v) is 3.60. The summed E-state index contributed by atoms with van der Waals surface area (Å²) in [7, 11) is 0. The van der Waals surface area contributed by atoms with Crippen LogP contribution in [0.25, 0.3) is 0 Å². The van der Waals surface area contributed by atoms with Crippen molar-refractivity contribution in [3.8, 4) is 0 Å². The molecule has 2 rings (SSSR count). The smallest absolute Gasteiger partial charge is 0.154 e. The fraction of sp³-hybridized carbons (Fsp3) is 1.00. The standard InChI is InChI=1S/C11H20O2/c12-11-7-6-10(8-13-11)9-4-2-1-3-5-9/h9-12H,1-8H2/t10-,11?/m0/s1. The highest BCUT2D eigenvalue weighted by Gasteiger charge is 2.27. The van der Waals surface area contributed by atoms with Crippen molar-refractivity contribution in [1.29, 1.82) is 0 Å². The minimum Gasteiger partial charge on any atom is -0.368 e. The van der Waals surface area contributed by atoms with Crippen LogP contribution >= 0.6 is 0 Å². The summed E-state index contributed by atoms with van der Waals surface area (Å²) in [6.45, 7) is 0.797. The fourth-order valence-corrected chi connectivity index (χ4v) is 2.74. The molecule has 0 radical (unpaired) electrons. The molecule has 1 heterocycles. The molecule has 2 heteroatoms. The Morgan fingerprint density at radius 1 is 0.846 bits per heavy atom. The zero-order valence-corrected chi connectivity index (χ0v) is 8.24. The molecule has 1 aliphatic heterocycles. The topological polar surface area (TPSA) is 29.5 Å². The van der Waals surface area contributed by atoms with Crippen molar-refractivity contribution < 1.29 is 9.84 Å². The number of aliphatic hydroxyl groups is 1. The van der Waals surface area contributed by atoms with Crippen LogP contribution in [0.2, 0.25) is 0 Å². The van der Waals surface area contributed by atoms with E-state index in [1.54, 1.807) is 0 Å². The van der Waals surface area contributed by atoms with Gasteiger partial charge in [0, 0.05) is 0 Å². The zero-order chi connectivity index (χ0) is 9.10. The first-order valence-corrected chi connectivity index (χ1v) is 5.66. The molecule has 0 bridgehead atoms. The Morgan fingerprint density at radius 3 is 2.23 bits per heavy atom. The zero-order valence-electron chi connectivity index (χ0n) is 8.24. The molecule has 1 saturated heterocycles. The summed E-state index contributed by atoms with van der Waals surface area (Å²) in [5.74, 6) is 1.63. The van der Waals surface area contributed by atoms with Crippen LogP contribution in [-0.2, 0) is 4.74 Å². The fourth-order valence-electron chi connectivity index (χ4n) is 2.74. The Balaban J connectivity index is 1.79.